The number of amides is 1. The number of carbonyl (C=O) groups excluding carboxylic acids is 1. The molecule has 0 saturated carbocycles. The molecule has 0 radical (unpaired) electrons. The van der Waals surface area contributed by atoms with Crippen molar-refractivity contribution in [3.05, 3.63) is 42.9 Å². The molecule has 6 nitrogen and oxygen atoms in total. The van der Waals surface area contributed by atoms with E-state index in [1.807, 2.05) is 44.2 Å². The first-order valence-corrected chi connectivity index (χ1v) is 7.19. The Morgan fingerprint density at radius 1 is 1.23 bits per heavy atom. The third-order valence-corrected chi connectivity index (χ3v) is 3.22. The molecular formula is C16H17N5O. The molecule has 0 aliphatic rings. The SMILES string of the molecule is CC(C)CC(=O)Nc1ncnc2c1cnn2-c1ccccc1. The van der Waals surface area contributed by atoms with E-state index in [0.29, 0.717) is 23.8 Å². The van der Waals surface area contributed by atoms with E-state index < -0.39 is 0 Å². The van der Waals surface area contributed by atoms with E-state index in [0.717, 1.165) is 11.1 Å². The Bertz CT molecular complexity index is 795. The van der Waals surface area contributed by atoms with Gasteiger partial charge in [-0.05, 0) is 18.1 Å². The second-order valence-corrected chi connectivity index (χ2v) is 5.50. The minimum absolute atomic E-state index is 0.0533. The van der Waals surface area contributed by atoms with Gasteiger partial charge < -0.3 is 5.32 Å². The van der Waals surface area contributed by atoms with Crippen LogP contribution in [0.3, 0.4) is 0 Å². The number of nitrogens with one attached hydrogen (secondary N) is 1. The van der Waals surface area contributed by atoms with Crippen molar-refractivity contribution in [3.63, 3.8) is 0 Å². The van der Waals surface area contributed by atoms with Crippen molar-refractivity contribution < 1.29 is 4.79 Å². The summed E-state index contributed by atoms with van der Waals surface area (Å²) in [5.74, 6) is 0.740. The van der Waals surface area contributed by atoms with E-state index in [1.54, 1.807) is 10.9 Å². The second-order valence-electron chi connectivity index (χ2n) is 5.50. The van der Waals surface area contributed by atoms with Crippen molar-refractivity contribution in [2.75, 3.05) is 5.32 Å². The van der Waals surface area contributed by atoms with Gasteiger partial charge in [-0.25, -0.2) is 14.6 Å². The van der Waals surface area contributed by atoms with Crippen LogP contribution in [0, 0.1) is 5.92 Å². The average molecular weight is 295 g/mol. The number of aromatic nitrogens is 4. The molecule has 0 aliphatic heterocycles. The molecular weight excluding hydrogens is 278 g/mol. The zero-order valence-electron chi connectivity index (χ0n) is 12.5. The third-order valence-electron chi connectivity index (χ3n) is 3.22. The van der Waals surface area contributed by atoms with Gasteiger partial charge in [0.25, 0.3) is 0 Å². The van der Waals surface area contributed by atoms with E-state index in [2.05, 4.69) is 20.4 Å². The van der Waals surface area contributed by atoms with E-state index in [1.165, 1.54) is 6.33 Å². The fraction of sp³-hybridized carbons (Fsp3) is 0.250. The van der Waals surface area contributed by atoms with Gasteiger partial charge in [0, 0.05) is 6.42 Å². The molecule has 22 heavy (non-hydrogen) atoms. The summed E-state index contributed by atoms with van der Waals surface area (Å²) in [6, 6.07) is 9.73. The highest BCUT2D eigenvalue weighted by molar-refractivity contribution is 5.98. The van der Waals surface area contributed by atoms with Crippen LogP contribution in [0.25, 0.3) is 16.7 Å². The van der Waals surface area contributed by atoms with Gasteiger partial charge in [0.2, 0.25) is 5.91 Å². The summed E-state index contributed by atoms with van der Waals surface area (Å²) in [6.45, 7) is 4.01. The molecule has 0 saturated heterocycles. The molecule has 3 aromatic rings. The summed E-state index contributed by atoms with van der Waals surface area (Å²) in [7, 11) is 0. The highest BCUT2D eigenvalue weighted by Crippen LogP contribution is 2.21. The lowest BCUT2D eigenvalue weighted by Gasteiger charge is -2.07. The monoisotopic (exact) mass is 295 g/mol. The zero-order chi connectivity index (χ0) is 15.5. The van der Waals surface area contributed by atoms with E-state index in [4.69, 9.17) is 0 Å². The molecule has 2 heterocycles. The van der Waals surface area contributed by atoms with Crippen molar-refractivity contribution in [2.45, 2.75) is 20.3 Å². The van der Waals surface area contributed by atoms with Crippen LogP contribution in [0.4, 0.5) is 5.82 Å². The lowest BCUT2D eigenvalue weighted by atomic mass is 10.1. The minimum Gasteiger partial charge on any atom is -0.310 e. The third kappa shape index (κ3) is 2.81. The Kier molecular flexibility index (Phi) is 3.82. The average Bonchev–Trinajstić information content (AvgIpc) is 2.92. The number of fused-ring (bicyclic) bond motifs is 1. The fourth-order valence-corrected chi connectivity index (χ4v) is 2.26. The summed E-state index contributed by atoms with van der Waals surface area (Å²) in [6.07, 6.45) is 3.57. The second kappa shape index (κ2) is 5.93. The predicted octanol–water partition coefficient (Wildman–Crippen LogP) is 2.80. The first-order valence-electron chi connectivity index (χ1n) is 7.19. The van der Waals surface area contributed by atoms with Gasteiger partial charge in [-0.2, -0.15) is 5.10 Å². The lowest BCUT2D eigenvalue weighted by molar-refractivity contribution is -0.116. The molecule has 1 aromatic carbocycles. The summed E-state index contributed by atoms with van der Waals surface area (Å²) >= 11 is 0. The molecule has 6 heteroatoms. The summed E-state index contributed by atoms with van der Waals surface area (Å²) in [4.78, 5) is 20.4. The Labute approximate surface area is 128 Å². The van der Waals surface area contributed by atoms with Crippen LogP contribution in [0.2, 0.25) is 0 Å². The number of para-hydroxylation sites is 1. The first-order chi connectivity index (χ1) is 10.6. The number of hydrogen-bond acceptors (Lipinski definition) is 4. The normalized spacial score (nSPS) is 11.0. The summed E-state index contributed by atoms with van der Waals surface area (Å²) < 4.78 is 1.73. The van der Waals surface area contributed by atoms with E-state index in [9.17, 15) is 4.79 Å². The topological polar surface area (TPSA) is 72.7 Å². The zero-order valence-corrected chi connectivity index (χ0v) is 12.5. The molecule has 0 spiro atoms. The standard InChI is InChI=1S/C16H17N5O/c1-11(2)8-14(22)20-15-13-9-19-21(16(13)18-10-17-15)12-6-4-3-5-7-12/h3-7,9-11H,8H2,1-2H3,(H,17,18,20,22). The quantitative estimate of drug-likeness (QED) is 0.803. The van der Waals surface area contributed by atoms with Gasteiger partial charge in [-0.3, -0.25) is 4.79 Å². The number of carbonyl (C=O) groups is 1. The van der Waals surface area contributed by atoms with Crippen LogP contribution in [-0.2, 0) is 4.79 Å². The minimum atomic E-state index is -0.0533. The van der Waals surface area contributed by atoms with E-state index in [-0.39, 0.29) is 5.91 Å². The summed E-state index contributed by atoms with van der Waals surface area (Å²) in [5.41, 5.74) is 1.58. The van der Waals surface area contributed by atoms with Crippen molar-refractivity contribution >= 4 is 22.8 Å². The van der Waals surface area contributed by atoms with Gasteiger partial charge in [0.05, 0.1) is 17.3 Å². The Balaban J connectivity index is 1.97. The molecule has 0 bridgehead atoms. The Morgan fingerprint density at radius 3 is 2.73 bits per heavy atom. The molecule has 0 unspecified atom stereocenters. The molecule has 1 amide bonds. The highest BCUT2D eigenvalue weighted by atomic mass is 16.1. The molecule has 3 rings (SSSR count). The smallest absolute Gasteiger partial charge is 0.225 e. The van der Waals surface area contributed by atoms with Crippen LogP contribution in [0.15, 0.2) is 42.9 Å². The molecule has 2 aromatic heterocycles. The maximum Gasteiger partial charge on any atom is 0.225 e. The van der Waals surface area contributed by atoms with Gasteiger partial charge >= 0.3 is 0 Å². The molecule has 0 atom stereocenters. The van der Waals surface area contributed by atoms with Gasteiger partial charge in [0.1, 0.15) is 12.1 Å². The maximum atomic E-state index is 11.9. The van der Waals surface area contributed by atoms with Crippen LogP contribution in [-0.4, -0.2) is 25.7 Å². The molecule has 0 aliphatic carbocycles. The van der Waals surface area contributed by atoms with E-state index >= 15 is 0 Å². The number of hydrogen-bond donors (Lipinski definition) is 1. The molecule has 0 fully saturated rings. The molecule has 112 valence electrons. The van der Waals surface area contributed by atoms with Gasteiger partial charge in [0.15, 0.2) is 5.65 Å². The summed E-state index contributed by atoms with van der Waals surface area (Å²) in [5, 5.41) is 7.92. The number of benzene rings is 1. The fourth-order valence-electron chi connectivity index (χ4n) is 2.26. The van der Waals surface area contributed by atoms with Crippen molar-refractivity contribution in [1.82, 2.24) is 19.7 Å². The van der Waals surface area contributed by atoms with Crippen molar-refractivity contribution in [3.8, 4) is 5.69 Å². The predicted molar refractivity (Wildman–Crippen MR) is 84.7 cm³/mol. The van der Waals surface area contributed by atoms with Crippen LogP contribution in [0.5, 0.6) is 0 Å². The Morgan fingerprint density at radius 2 is 2.00 bits per heavy atom. The van der Waals surface area contributed by atoms with Gasteiger partial charge in [-0.15, -0.1) is 0 Å². The Hall–Kier alpha value is -2.76. The van der Waals surface area contributed by atoms with Crippen LogP contribution in [0.1, 0.15) is 20.3 Å². The largest absolute Gasteiger partial charge is 0.310 e. The van der Waals surface area contributed by atoms with Crippen molar-refractivity contribution in [2.24, 2.45) is 5.92 Å². The first kappa shape index (κ1) is 14.2. The van der Waals surface area contributed by atoms with Crippen LogP contribution >= 0.6 is 0 Å². The highest BCUT2D eigenvalue weighted by Gasteiger charge is 2.13. The molecule has 1 N–H and O–H groups in total. The van der Waals surface area contributed by atoms with Crippen molar-refractivity contribution in [1.29, 1.82) is 0 Å². The maximum absolute atomic E-state index is 11.9. The lowest BCUT2D eigenvalue weighted by Crippen LogP contribution is -2.15. The van der Waals surface area contributed by atoms with Gasteiger partial charge in [-0.1, -0.05) is 32.0 Å². The number of rotatable bonds is 4. The number of nitrogens with zero attached hydrogens (tertiary/aromatic N) is 4. The van der Waals surface area contributed by atoms with Crippen LogP contribution < -0.4 is 5.32 Å². The number of anilines is 1.